The number of para-hydroxylation sites is 2. The molecule has 2 unspecified atom stereocenters. The summed E-state index contributed by atoms with van der Waals surface area (Å²) >= 11 is 0. The molecule has 0 radical (unpaired) electrons. The largest absolute Gasteiger partial charge is 0.344 e. The van der Waals surface area contributed by atoms with Gasteiger partial charge < -0.3 is 9.13 Å². The molecule has 3 heteroatoms. The predicted octanol–water partition coefficient (Wildman–Crippen LogP) is 12.8. The molecule has 0 fully saturated rings. The highest BCUT2D eigenvalue weighted by Gasteiger charge is 2.47. The minimum absolute atomic E-state index is 0.434. The Morgan fingerprint density at radius 3 is 1.25 bits per heavy atom. The van der Waals surface area contributed by atoms with Gasteiger partial charge >= 0.3 is 0 Å². The van der Waals surface area contributed by atoms with Crippen molar-refractivity contribution in [2.75, 3.05) is 0 Å². The molecule has 2 atom stereocenters. The Labute approximate surface area is 301 Å². The molecule has 2 aliphatic carbocycles. The third-order valence-corrected chi connectivity index (χ3v) is 17.0. The van der Waals surface area contributed by atoms with Gasteiger partial charge in [-0.25, -0.2) is 0 Å². The normalized spacial score (nSPS) is 17.1. The lowest BCUT2D eigenvalue weighted by atomic mass is 9.93. The maximum Gasteiger partial charge on any atom is 0.0722 e. The number of fused-ring (bicyclic) bond motifs is 8. The van der Waals surface area contributed by atoms with Crippen molar-refractivity contribution in [2.45, 2.75) is 38.0 Å². The van der Waals surface area contributed by atoms with Gasteiger partial charge in [0.25, 0.3) is 0 Å². The molecule has 2 aromatic heterocycles. The second kappa shape index (κ2) is 10.8. The fourth-order valence-corrected chi connectivity index (χ4v) is 15.5. The summed E-state index contributed by atoms with van der Waals surface area (Å²) in [6.45, 7) is 10.1. The topological polar surface area (TPSA) is 9.86 Å². The highest BCUT2D eigenvalue weighted by atomic mass is 28.3. The Kier molecular flexibility index (Phi) is 6.45. The van der Waals surface area contributed by atoms with Crippen molar-refractivity contribution >= 4 is 63.8 Å². The molecule has 0 saturated carbocycles. The maximum atomic E-state index is 2.65. The summed E-state index contributed by atoms with van der Waals surface area (Å²) < 4.78 is 4.69. The average molecular weight is 675 g/mol. The van der Waals surface area contributed by atoms with Crippen molar-refractivity contribution in [1.29, 1.82) is 0 Å². The lowest BCUT2D eigenvalue weighted by Gasteiger charge is -2.39. The highest BCUT2D eigenvalue weighted by molar-refractivity contribution is 6.81. The van der Waals surface area contributed by atoms with Crippen LogP contribution in [0.4, 0.5) is 0 Å². The lowest BCUT2D eigenvalue weighted by Crippen LogP contribution is -2.42. The zero-order valence-electron chi connectivity index (χ0n) is 30.3. The first kappa shape index (κ1) is 30.4. The van der Waals surface area contributed by atoms with E-state index in [1.807, 2.05) is 0 Å². The summed E-state index contributed by atoms with van der Waals surface area (Å²) in [5.41, 5.74) is 20.2. The van der Waals surface area contributed by atoms with E-state index < -0.39 is 8.07 Å². The molecule has 51 heavy (non-hydrogen) atoms. The van der Waals surface area contributed by atoms with E-state index in [2.05, 4.69) is 184 Å². The Balaban J connectivity index is 1.11. The molecule has 8 aromatic rings. The van der Waals surface area contributed by atoms with Crippen molar-refractivity contribution in [3.8, 4) is 22.3 Å². The molecule has 248 valence electrons. The summed E-state index contributed by atoms with van der Waals surface area (Å²) in [7, 11) is 2.35. The predicted molar refractivity (Wildman–Crippen MR) is 222 cm³/mol. The van der Waals surface area contributed by atoms with Crippen LogP contribution in [0.5, 0.6) is 0 Å². The highest BCUT2D eigenvalue weighted by Crippen LogP contribution is 2.55. The molecule has 2 nitrogen and oxygen atoms in total. The first-order valence-electron chi connectivity index (χ1n) is 18.3. The van der Waals surface area contributed by atoms with Crippen molar-refractivity contribution in [1.82, 2.24) is 9.13 Å². The first-order valence-corrected chi connectivity index (χ1v) is 21.5. The van der Waals surface area contributed by atoms with E-state index in [-0.39, 0.29) is 0 Å². The van der Waals surface area contributed by atoms with Gasteiger partial charge in [-0.15, -0.1) is 0 Å². The van der Waals surface area contributed by atoms with Crippen molar-refractivity contribution in [3.63, 3.8) is 0 Å². The van der Waals surface area contributed by atoms with Crippen LogP contribution in [0.25, 0.3) is 78.0 Å². The molecule has 0 saturated heterocycles. The van der Waals surface area contributed by atoms with Crippen LogP contribution >= 0.6 is 0 Å². The van der Waals surface area contributed by atoms with Crippen molar-refractivity contribution in [3.05, 3.63) is 155 Å². The van der Waals surface area contributed by atoms with Crippen LogP contribution in [0.3, 0.4) is 0 Å². The fourth-order valence-electron chi connectivity index (χ4n) is 10.6. The number of hydrogen-bond acceptors (Lipinski definition) is 0. The molecule has 0 N–H and O–H groups in total. The number of aromatic nitrogens is 2. The van der Waals surface area contributed by atoms with Gasteiger partial charge in [0.1, 0.15) is 0 Å². The second-order valence-electron chi connectivity index (χ2n) is 15.6. The zero-order valence-corrected chi connectivity index (χ0v) is 31.3. The second-order valence-corrected chi connectivity index (χ2v) is 20.4. The minimum Gasteiger partial charge on any atom is -0.344 e. The minimum atomic E-state index is -2.04. The molecular weight excluding hydrogens is 633 g/mol. The first-order chi connectivity index (χ1) is 24.8. The van der Waals surface area contributed by atoms with E-state index in [1.54, 1.807) is 0 Å². The number of hydrogen-bond donors (Lipinski definition) is 0. The summed E-state index contributed by atoms with van der Waals surface area (Å²) in [4.78, 5) is 0. The number of nitrogens with zero attached hydrogens (tertiary/aromatic N) is 2. The van der Waals surface area contributed by atoms with Gasteiger partial charge in [0.05, 0.1) is 8.07 Å². The molecule has 0 bridgehead atoms. The van der Waals surface area contributed by atoms with Crippen molar-refractivity contribution in [2.24, 2.45) is 14.1 Å². The number of benzene rings is 6. The number of rotatable bonds is 4. The zero-order chi connectivity index (χ0) is 34.8. The maximum absolute atomic E-state index is 2.65. The van der Waals surface area contributed by atoms with Gasteiger partial charge in [0.2, 0.25) is 0 Å². The molecule has 2 heterocycles. The Hall–Kier alpha value is -5.38. The van der Waals surface area contributed by atoms with Gasteiger partial charge in [0, 0.05) is 68.8 Å². The summed E-state index contributed by atoms with van der Waals surface area (Å²) in [5, 5.41) is 5.36. The molecule has 10 rings (SSSR count). The van der Waals surface area contributed by atoms with Gasteiger partial charge in [-0.2, -0.15) is 0 Å². The van der Waals surface area contributed by atoms with Gasteiger partial charge in [-0.1, -0.05) is 133 Å². The Morgan fingerprint density at radius 1 is 0.431 bits per heavy atom. The summed E-state index contributed by atoms with van der Waals surface area (Å²) in [5.74, 6) is 0. The molecule has 0 aliphatic heterocycles. The van der Waals surface area contributed by atoms with Crippen LogP contribution in [0.15, 0.2) is 132 Å². The monoisotopic (exact) mass is 674 g/mol. The quantitative estimate of drug-likeness (QED) is 0.164. The van der Waals surface area contributed by atoms with Crippen LogP contribution in [-0.4, -0.2) is 17.2 Å². The standard InChI is InChI=1S/C48H42N2Si/c1-29-27-39-31(33-19-13-25-43-45(33)37-15-7-9-23-41(37)49(43)3)17-11-21-35(39)47(29)51(5,6)48-30(2)28-40-32(18-12-22-36(40)48)34-20-14-26-44-46(34)38-16-8-10-24-42(38)50(44)4/h7-28,47-48H,1-6H3. The van der Waals surface area contributed by atoms with E-state index in [0.717, 1.165) is 0 Å². The third-order valence-electron chi connectivity index (χ3n) is 12.5. The molecule has 6 aromatic carbocycles. The van der Waals surface area contributed by atoms with Crippen LogP contribution in [-0.2, 0) is 14.1 Å². The Bertz CT molecular complexity index is 2640. The smallest absolute Gasteiger partial charge is 0.0722 e. The van der Waals surface area contributed by atoms with Crippen LogP contribution < -0.4 is 0 Å². The molecule has 2 aliphatic rings. The summed E-state index contributed by atoms with van der Waals surface area (Å²) in [6.07, 6.45) is 5.06. The van der Waals surface area contributed by atoms with E-state index in [1.165, 1.54) is 99.3 Å². The summed E-state index contributed by atoms with van der Waals surface area (Å²) in [6, 6.07) is 45.6. The number of aryl methyl sites for hydroxylation is 2. The van der Waals surface area contributed by atoms with Gasteiger partial charge in [-0.05, 0) is 82.6 Å². The molecule has 0 amide bonds. The lowest BCUT2D eigenvalue weighted by molar-refractivity contribution is 0.969. The average Bonchev–Trinajstić information content (AvgIpc) is 3.86. The molecular formula is C48H42N2Si. The van der Waals surface area contributed by atoms with E-state index in [9.17, 15) is 0 Å². The van der Waals surface area contributed by atoms with Gasteiger partial charge in [0.15, 0.2) is 0 Å². The SMILES string of the molecule is CC1=Cc2c(-c3cccc4c3c3ccccc3n4C)cccc2C1[Si](C)(C)C1C(C)=Cc2c(-c3cccc4c3c3ccccc3n4C)cccc21. The van der Waals surface area contributed by atoms with E-state index in [0.29, 0.717) is 11.1 Å². The third kappa shape index (κ3) is 4.10. The van der Waals surface area contributed by atoms with Gasteiger partial charge in [-0.3, -0.25) is 0 Å². The Morgan fingerprint density at radius 2 is 0.804 bits per heavy atom. The molecule has 0 spiro atoms. The van der Waals surface area contributed by atoms with E-state index in [4.69, 9.17) is 0 Å². The van der Waals surface area contributed by atoms with E-state index >= 15 is 0 Å². The van der Waals surface area contributed by atoms with Crippen LogP contribution in [0.1, 0.15) is 47.2 Å². The van der Waals surface area contributed by atoms with Crippen LogP contribution in [0.2, 0.25) is 13.1 Å². The van der Waals surface area contributed by atoms with Crippen molar-refractivity contribution < 1.29 is 0 Å². The fraction of sp³-hybridized carbons (Fsp3) is 0.167. The number of allylic oxidation sites excluding steroid dienone is 2. The van der Waals surface area contributed by atoms with Crippen LogP contribution in [0, 0.1) is 0 Å².